The van der Waals surface area contributed by atoms with Crippen molar-refractivity contribution in [1.82, 2.24) is 4.90 Å². The Labute approximate surface area is 107 Å². The van der Waals surface area contributed by atoms with Gasteiger partial charge in [-0.05, 0) is 37.0 Å². The van der Waals surface area contributed by atoms with Crippen LogP contribution in [0.15, 0.2) is 0 Å². The summed E-state index contributed by atoms with van der Waals surface area (Å²) in [7, 11) is 0. The second-order valence-electron chi connectivity index (χ2n) is 6.66. The Morgan fingerprint density at radius 3 is 2.41 bits per heavy atom. The molecule has 2 nitrogen and oxygen atoms in total. The zero-order valence-electron chi connectivity index (χ0n) is 11.9. The van der Waals surface area contributed by atoms with E-state index in [1.54, 1.807) is 0 Å². The van der Waals surface area contributed by atoms with Gasteiger partial charge in [0.05, 0.1) is 0 Å². The molecule has 1 aliphatic carbocycles. The van der Waals surface area contributed by atoms with Crippen molar-refractivity contribution in [2.45, 2.75) is 58.4 Å². The summed E-state index contributed by atoms with van der Waals surface area (Å²) < 4.78 is 0. The highest BCUT2D eigenvalue weighted by Crippen LogP contribution is 2.43. The predicted octanol–water partition coefficient (Wildman–Crippen LogP) is 2.87. The Bertz CT molecular complexity index is 243. The highest BCUT2D eigenvalue weighted by Gasteiger charge is 2.46. The highest BCUT2D eigenvalue weighted by atomic mass is 15.2. The fraction of sp³-hybridized carbons (Fsp3) is 1.00. The number of nitrogens with two attached hydrogens (primary N) is 1. The maximum atomic E-state index is 6.21. The number of likely N-dealkylation sites (tertiary alicyclic amines) is 1. The first-order valence-corrected chi connectivity index (χ1v) is 7.57. The van der Waals surface area contributed by atoms with E-state index in [9.17, 15) is 0 Å². The maximum Gasteiger partial charge on any atom is 0.0359 e. The topological polar surface area (TPSA) is 29.3 Å². The van der Waals surface area contributed by atoms with E-state index in [0.29, 0.717) is 5.54 Å². The van der Waals surface area contributed by atoms with Crippen LogP contribution in [0.2, 0.25) is 0 Å². The quantitative estimate of drug-likeness (QED) is 0.819. The number of hydrogen-bond donors (Lipinski definition) is 1. The molecule has 0 aromatic carbocycles. The van der Waals surface area contributed by atoms with Gasteiger partial charge in [-0.15, -0.1) is 0 Å². The van der Waals surface area contributed by atoms with E-state index >= 15 is 0 Å². The third-order valence-corrected chi connectivity index (χ3v) is 5.27. The molecule has 2 rings (SSSR count). The Balaban J connectivity index is 2.16. The van der Waals surface area contributed by atoms with E-state index in [1.807, 2.05) is 0 Å². The molecular formula is C15H30N2. The van der Waals surface area contributed by atoms with Gasteiger partial charge in [-0.3, -0.25) is 4.90 Å². The molecule has 17 heavy (non-hydrogen) atoms. The van der Waals surface area contributed by atoms with Crippen LogP contribution in [-0.4, -0.2) is 30.1 Å². The number of piperidine rings is 1. The van der Waals surface area contributed by atoms with Crippen LogP contribution in [0.1, 0.15) is 52.9 Å². The first kappa shape index (κ1) is 13.4. The summed E-state index contributed by atoms with van der Waals surface area (Å²) >= 11 is 0. The van der Waals surface area contributed by atoms with Crippen molar-refractivity contribution >= 4 is 0 Å². The largest absolute Gasteiger partial charge is 0.329 e. The molecular weight excluding hydrogens is 208 g/mol. The molecule has 1 saturated carbocycles. The van der Waals surface area contributed by atoms with Crippen LogP contribution in [0.4, 0.5) is 0 Å². The molecule has 2 fully saturated rings. The maximum absolute atomic E-state index is 6.21. The third kappa shape index (κ3) is 2.39. The summed E-state index contributed by atoms with van der Waals surface area (Å²) in [6.07, 6.45) is 6.81. The lowest BCUT2D eigenvalue weighted by Gasteiger charge is -2.49. The summed E-state index contributed by atoms with van der Waals surface area (Å²) in [5, 5.41) is 0. The summed E-state index contributed by atoms with van der Waals surface area (Å²) in [5.74, 6) is 2.53. The van der Waals surface area contributed by atoms with E-state index in [1.165, 1.54) is 45.2 Å². The first-order valence-electron chi connectivity index (χ1n) is 7.57. The highest BCUT2D eigenvalue weighted by molar-refractivity contribution is 5.02. The van der Waals surface area contributed by atoms with Gasteiger partial charge in [0.2, 0.25) is 0 Å². The molecule has 0 spiro atoms. The van der Waals surface area contributed by atoms with Gasteiger partial charge in [0.25, 0.3) is 0 Å². The average Bonchev–Trinajstić information content (AvgIpc) is 2.71. The van der Waals surface area contributed by atoms with Crippen LogP contribution < -0.4 is 5.73 Å². The molecule has 0 aromatic heterocycles. The van der Waals surface area contributed by atoms with Gasteiger partial charge < -0.3 is 5.73 Å². The van der Waals surface area contributed by atoms with Crippen molar-refractivity contribution in [3.8, 4) is 0 Å². The first-order chi connectivity index (χ1) is 8.12. The lowest BCUT2D eigenvalue weighted by atomic mass is 9.79. The Morgan fingerprint density at radius 2 is 1.88 bits per heavy atom. The molecule has 2 N–H and O–H groups in total. The minimum absolute atomic E-state index is 0.345. The number of hydrogen-bond acceptors (Lipinski definition) is 2. The van der Waals surface area contributed by atoms with Gasteiger partial charge in [0.15, 0.2) is 0 Å². The fourth-order valence-corrected chi connectivity index (χ4v) is 4.55. The van der Waals surface area contributed by atoms with Crippen LogP contribution in [-0.2, 0) is 0 Å². The van der Waals surface area contributed by atoms with Crippen LogP contribution in [0, 0.1) is 17.8 Å². The van der Waals surface area contributed by atoms with Crippen molar-refractivity contribution in [3.63, 3.8) is 0 Å². The molecule has 1 heterocycles. The normalized spacial score (nSPS) is 44.1. The van der Waals surface area contributed by atoms with Crippen molar-refractivity contribution < 1.29 is 0 Å². The molecule has 4 atom stereocenters. The zero-order chi connectivity index (χ0) is 12.5. The van der Waals surface area contributed by atoms with Gasteiger partial charge in [0.1, 0.15) is 0 Å². The van der Waals surface area contributed by atoms with Gasteiger partial charge in [0, 0.05) is 25.2 Å². The molecule has 4 unspecified atom stereocenters. The summed E-state index contributed by atoms with van der Waals surface area (Å²) in [6.45, 7) is 10.6. The lowest BCUT2D eigenvalue weighted by Crippen LogP contribution is -2.60. The van der Waals surface area contributed by atoms with Crippen LogP contribution in [0.3, 0.4) is 0 Å². The number of rotatable bonds is 3. The standard InChI is InChI=1S/C15H30N2/c1-4-14-6-5-7-15(14,11-16)17-9-12(2)8-13(3)10-17/h12-14H,4-11,16H2,1-3H3. The molecule has 100 valence electrons. The van der Waals surface area contributed by atoms with Crippen LogP contribution in [0.5, 0.6) is 0 Å². The average molecular weight is 238 g/mol. The predicted molar refractivity (Wildman–Crippen MR) is 73.9 cm³/mol. The van der Waals surface area contributed by atoms with Gasteiger partial charge in [-0.25, -0.2) is 0 Å². The summed E-state index contributed by atoms with van der Waals surface area (Å²) in [4.78, 5) is 2.77. The van der Waals surface area contributed by atoms with Gasteiger partial charge in [-0.2, -0.15) is 0 Å². The van der Waals surface area contributed by atoms with E-state index in [4.69, 9.17) is 5.73 Å². The molecule has 0 bridgehead atoms. The van der Waals surface area contributed by atoms with Crippen molar-refractivity contribution in [3.05, 3.63) is 0 Å². The zero-order valence-corrected chi connectivity index (χ0v) is 11.9. The molecule has 2 heteroatoms. The van der Waals surface area contributed by atoms with E-state index in [-0.39, 0.29) is 0 Å². The second-order valence-corrected chi connectivity index (χ2v) is 6.66. The molecule has 2 aliphatic rings. The van der Waals surface area contributed by atoms with Gasteiger partial charge in [-0.1, -0.05) is 33.6 Å². The summed E-state index contributed by atoms with van der Waals surface area (Å²) in [5.41, 5.74) is 6.56. The lowest BCUT2D eigenvalue weighted by molar-refractivity contribution is 0.00315. The third-order valence-electron chi connectivity index (χ3n) is 5.27. The monoisotopic (exact) mass is 238 g/mol. The van der Waals surface area contributed by atoms with Crippen LogP contribution >= 0.6 is 0 Å². The second kappa shape index (κ2) is 5.27. The van der Waals surface area contributed by atoms with Crippen molar-refractivity contribution in [2.75, 3.05) is 19.6 Å². The smallest absolute Gasteiger partial charge is 0.0359 e. The fourth-order valence-electron chi connectivity index (χ4n) is 4.55. The molecule has 0 aromatic rings. The molecule has 0 radical (unpaired) electrons. The minimum atomic E-state index is 0.345. The van der Waals surface area contributed by atoms with E-state index in [0.717, 1.165) is 24.3 Å². The minimum Gasteiger partial charge on any atom is -0.329 e. The summed E-state index contributed by atoms with van der Waals surface area (Å²) in [6, 6.07) is 0. The van der Waals surface area contributed by atoms with Gasteiger partial charge >= 0.3 is 0 Å². The molecule has 1 saturated heterocycles. The SMILES string of the molecule is CCC1CCCC1(CN)N1CC(C)CC(C)C1. The van der Waals surface area contributed by atoms with Crippen LogP contribution in [0.25, 0.3) is 0 Å². The Hall–Kier alpha value is -0.0800. The molecule has 1 aliphatic heterocycles. The Kier molecular flexibility index (Phi) is 4.14. The van der Waals surface area contributed by atoms with Crippen molar-refractivity contribution in [2.24, 2.45) is 23.5 Å². The van der Waals surface area contributed by atoms with E-state index < -0.39 is 0 Å². The number of nitrogens with zero attached hydrogens (tertiary/aromatic N) is 1. The van der Waals surface area contributed by atoms with E-state index in [2.05, 4.69) is 25.7 Å². The Morgan fingerprint density at radius 1 is 1.24 bits per heavy atom. The van der Waals surface area contributed by atoms with Crippen molar-refractivity contribution in [1.29, 1.82) is 0 Å². The molecule has 0 amide bonds.